The molecule has 0 atom stereocenters. The number of nitrogens with one attached hydrogen (secondary N) is 1. The van der Waals surface area contributed by atoms with Gasteiger partial charge in [-0.2, -0.15) is 0 Å². The van der Waals surface area contributed by atoms with Crippen molar-refractivity contribution < 1.29 is 19.2 Å². The van der Waals surface area contributed by atoms with Gasteiger partial charge in [0.05, 0.1) is 24.6 Å². The third-order valence-electron chi connectivity index (χ3n) is 5.24. The van der Waals surface area contributed by atoms with E-state index in [1.54, 1.807) is 6.07 Å². The van der Waals surface area contributed by atoms with E-state index in [1.165, 1.54) is 19.2 Å². The Bertz CT molecular complexity index is 1200. The minimum atomic E-state index is -0.571. The fourth-order valence-corrected chi connectivity index (χ4v) is 3.79. The molecule has 32 heavy (non-hydrogen) atoms. The quantitative estimate of drug-likeness (QED) is 0.367. The second-order valence-electron chi connectivity index (χ2n) is 7.16. The highest BCUT2D eigenvalue weighted by Crippen LogP contribution is 2.44. The number of ether oxygens (including phenoxy) is 2. The molecule has 0 fully saturated rings. The van der Waals surface area contributed by atoms with Crippen LogP contribution in [0, 0.1) is 22.0 Å². The first kappa shape index (κ1) is 20.9. The molecule has 4 rings (SSSR count). The van der Waals surface area contributed by atoms with Gasteiger partial charge in [-0.1, -0.05) is 60.4 Å². The number of nitrogens with zero attached hydrogens (tertiary/aromatic N) is 1. The lowest BCUT2D eigenvalue weighted by molar-refractivity contribution is -0.384. The molecule has 0 saturated carbocycles. The molecule has 0 aliphatic heterocycles. The highest BCUT2D eigenvalue weighted by molar-refractivity contribution is 5.79. The lowest BCUT2D eigenvalue weighted by Gasteiger charge is -2.14. The SMILES string of the molecule is COc1cc(C#CCNC(=O)OCC2c3ccccc3-c3ccccc32)cc([N+](=O)[O-])c1. The third kappa shape index (κ3) is 4.40. The smallest absolute Gasteiger partial charge is 0.407 e. The van der Waals surface area contributed by atoms with Gasteiger partial charge in [0.25, 0.3) is 5.69 Å². The van der Waals surface area contributed by atoms with E-state index in [-0.39, 0.29) is 24.8 Å². The molecule has 3 aromatic carbocycles. The Labute approximate surface area is 185 Å². The molecule has 3 aromatic rings. The summed E-state index contributed by atoms with van der Waals surface area (Å²) in [5.74, 6) is 5.88. The van der Waals surface area contributed by atoms with E-state index in [2.05, 4.69) is 41.4 Å². The van der Waals surface area contributed by atoms with Gasteiger partial charge in [0.1, 0.15) is 12.4 Å². The Morgan fingerprint density at radius 2 is 1.72 bits per heavy atom. The van der Waals surface area contributed by atoms with Gasteiger partial charge in [0.2, 0.25) is 0 Å². The van der Waals surface area contributed by atoms with Crippen molar-refractivity contribution in [3.63, 3.8) is 0 Å². The van der Waals surface area contributed by atoms with Crippen molar-refractivity contribution in [3.8, 4) is 28.7 Å². The average Bonchev–Trinajstić information content (AvgIpc) is 3.14. The average molecular weight is 428 g/mol. The number of nitro benzene ring substituents is 1. The van der Waals surface area contributed by atoms with Crippen molar-refractivity contribution in [2.24, 2.45) is 0 Å². The summed E-state index contributed by atoms with van der Waals surface area (Å²) in [5, 5.41) is 13.6. The summed E-state index contributed by atoms with van der Waals surface area (Å²) in [5.41, 5.74) is 4.91. The van der Waals surface area contributed by atoms with E-state index in [0.29, 0.717) is 11.3 Å². The first-order chi connectivity index (χ1) is 15.6. The number of rotatable bonds is 5. The van der Waals surface area contributed by atoms with Crippen molar-refractivity contribution in [1.82, 2.24) is 5.32 Å². The van der Waals surface area contributed by atoms with Crippen LogP contribution in [0.1, 0.15) is 22.6 Å². The number of benzene rings is 3. The van der Waals surface area contributed by atoms with Crippen LogP contribution in [0.25, 0.3) is 11.1 Å². The van der Waals surface area contributed by atoms with Crippen LogP contribution < -0.4 is 10.1 Å². The van der Waals surface area contributed by atoms with Gasteiger partial charge in [0, 0.05) is 17.5 Å². The number of carbonyl (C=O) groups is 1. The molecule has 0 aromatic heterocycles. The van der Waals surface area contributed by atoms with E-state index in [0.717, 1.165) is 22.3 Å². The molecule has 0 saturated heterocycles. The van der Waals surface area contributed by atoms with E-state index in [1.807, 2.05) is 24.3 Å². The van der Waals surface area contributed by atoms with E-state index in [9.17, 15) is 14.9 Å². The maximum Gasteiger partial charge on any atom is 0.407 e. The second kappa shape index (κ2) is 9.23. The van der Waals surface area contributed by atoms with Gasteiger partial charge in [-0.25, -0.2) is 4.79 Å². The van der Waals surface area contributed by atoms with Crippen LogP contribution in [0.15, 0.2) is 66.7 Å². The highest BCUT2D eigenvalue weighted by Gasteiger charge is 2.28. The summed E-state index contributed by atoms with van der Waals surface area (Å²) in [6, 6.07) is 20.5. The maximum absolute atomic E-state index is 12.2. The molecule has 1 amide bonds. The first-order valence-corrected chi connectivity index (χ1v) is 9.98. The lowest BCUT2D eigenvalue weighted by atomic mass is 9.98. The zero-order chi connectivity index (χ0) is 22.5. The molecule has 7 heteroatoms. The molecule has 1 aliphatic rings. The summed E-state index contributed by atoms with van der Waals surface area (Å²) in [7, 11) is 1.43. The Kier molecular flexibility index (Phi) is 6.04. The van der Waals surface area contributed by atoms with Gasteiger partial charge >= 0.3 is 6.09 Å². The van der Waals surface area contributed by atoms with Crippen molar-refractivity contribution in [1.29, 1.82) is 0 Å². The number of non-ortho nitro benzene ring substituents is 1. The summed E-state index contributed by atoms with van der Waals surface area (Å²) >= 11 is 0. The number of methoxy groups -OCH3 is 1. The van der Waals surface area contributed by atoms with Crippen molar-refractivity contribution in [2.45, 2.75) is 5.92 Å². The molecular weight excluding hydrogens is 408 g/mol. The van der Waals surface area contributed by atoms with Gasteiger partial charge in [-0.3, -0.25) is 10.1 Å². The minimum Gasteiger partial charge on any atom is -0.496 e. The van der Waals surface area contributed by atoms with E-state index < -0.39 is 11.0 Å². The van der Waals surface area contributed by atoms with Crippen LogP contribution in [-0.2, 0) is 4.74 Å². The van der Waals surface area contributed by atoms with Crippen LogP contribution in [0.2, 0.25) is 0 Å². The maximum atomic E-state index is 12.2. The Hall–Kier alpha value is -4.31. The number of amides is 1. The molecule has 0 unspecified atom stereocenters. The zero-order valence-corrected chi connectivity index (χ0v) is 17.3. The highest BCUT2D eigenvalue weighted by atomic mass is 16.6. The molecule has 0 heterocycles. The monoisotopic (exact) mass is 428 g/mol. The summed E-state index contributed by atoms with van der Waals surface area (Å²) in [4.78, 5) is 22.7. The predicted molar refractivity (Wildman–Crippen MR) is 120 cm³/mol. The first-order valence-electron chi connectivity index (χ1n) is 9.98. The molecule has 160 valence electrons. The Morgan fingerprint density at radius 1 is 1.06 bits per heavy atom. The van der Waals surface area contributed by atoms with Gasteiger partial charge in [-0.15, -0.1) is 0 Å². The van der Waals surface area contributed by atoms with Crippen LogP contribution in [0.3, 0.4) is 0 Å². The summed E-state index contributed by atoms with van der Waals surface area (Å²) in [6.07, 6.45) is -0.571. The molecule has 0 spiro atoms. The predicted octanol–water partition coefficient (Wildman–Crippen LogP) is 4.49. The van der Waals surface area contributed by atoms with Crippen LogP contribution in [0.5, 0.6) is 5.75 Å². The van der Waals surface area contributed by atoms with Gasteiger partial charge in [-0.05, 0) is 28.3 Å². The number of hydrogen-bond acceptors (Lipinski definition) is 5. The minimum absolute atomic E-state index is 0.0171. The molecule has 1 N–H and O–H groups in total. The van der Waals surface area contributed by atoms with Gasteiger partial charge in [0.15, 0.2) is 0 Å². The number of fused-ring (bicyclic) bond motifs is 3. The fourth-order valence-electron chi connectivity index (χ4n) is 3.79. The molecule has 0 radical (unpaired) electrons. The number of nitro groups is 1. The van der Waals surface area contributed by atoms with Crippen molar-refractivity contribution in [3.05, 3.63) is 93.5 Å². The van der Waals surface area contributed by atoms with Crippen molar-refractivity contribution >= 4 is 11.8 Å². The largest absolute Gasteiger partial charge is 0.496 e. The van der Waals surface area contributed by atoms with E-state index >= 15 is 0 Å². The van der Waals surface area contributed by atoms with Crippen LogP contribution in [-0.4, -0.2) is 31.3 Å². The molecular formula is C25H20N2O5. The number of carbonyl (C=O) groups excluding carboxylic acids is 1. The Morgan fingerprint density at radius 3 is 2.34 bits per heavy atom. The summed E-state index contributed by atoms with van der Waals surface area (Å²) in [6.45, 7) is 0.261. The number of alkyl carbamates (subject to hydrolysis) is 1. The zero-order valence-electron chi connectivity index (χ0n) is 17.3. The normalized spacial score (nSPS) is 11.5. The van der Waals surface area contributed by atoms with Crippen LogP contribution in [0.4, 0.5) is 10.5 Å². The van der Waals surface area contributed by atoms with Crippen LogP contribution >= 0.6 is 0 Å². The molecule has 7 nitrogen and oxygen atoms in total. The lowest BCUT2D eigenvalue weighted by Crippen LogP contribution is -2.26. The Balaban J connectivity index is 1.36. The second-order valence-corrected chi connectivity index (χ2v) is 7.16. The van der Waals surface area contributed by atoms with Crippen molar-refractivity contribution in [2.75, 3.05) is 20.3 Å². The standard InChI is InChI=1S/C25H20N2O5/c1-31-19-14-17(13-18(15-19)27(29)30)7-6-12-26-25(28)32-16-24-22-10-4-2-8-20(22)21-9-3-5-11-23(21)24/h2-5,8-11,13-15,24H,12,16H2,1H3,(H,26,28). The molecule has 1 aliphatic carbocycles. The van der Waals surface area contributed by atoms with E-state index in [4.69, 9.17) is 9.47 Å². The third-order valence-corrected chi connectivity index (χ3v) is 5.24. The summed E-state index contributed by atoms with van der Waals surface area (Å²) < 4.78 is 10.5. The fraction of sp³-hybridized carbons (Fsp3) is 0.160. The topological polar surface area (TPSA) is 90.7 Å². The van der Waals surface area contributed by atoms with Gasteiger partial charge < -0.3 is 14.8 Å². The molecule has 0 bridgehead atoms. The number of hydrogen-bond donors (Lipinski definition) is 1.